The SMILES string of the molecule is Cl.Cl.Cn1c(C(N)=O)nc2c1CCNC2. The van der Waals surface area contributed by atoms with E-state index in [1.807, 2.05) is 7.05 Å². The molecule has 0 aliphatic carbocycles. The van der Waals surface area contributed by atoms with Crippen LogP contribution < -0.4 is 11.1 Å². The molecule has 0 saturated heterocycles. The smallest absolute Gasteiger partial charge is 0.284 e. The van der Waals surface area contributed by atoms with Gasteiger partial charge in [-0.05, 0) is 0 Å². The Bertz CT molecular complexity index is 364. The second kappa shape index (κ2) is 5.34. The van der Waals surface area contributed by atoms with Crippen LogP contribution in [0, 0.1) is 0 Å². The van der Waals surface area contributed by atoms with Crippen LogP contribution >= 0.6 is 24.8 Å². The summed E-state index contributed by atoms with van der Waals surface area (Å²) in [4.78, 5) is 15.1. The number of nitrogens with two attached hydrogens (primary N) is 1. The summed E-state index contributed by atoms with van der Waals surface area (Å²) in [6.07, 6.45) is 0.909. The number of fused-ring (bicyclic) bond motifs is 1. The maximum absolute atomic E-state index is 11.0. The van der Waals surface area contributed by atoms with Crippen LogP contribution in [0.5, 0.6) is 0 Å². The number of hydrogen-bond donors (Lipinski definition) is 2. The number of halogens is 2. The Labute approximate surface area is 100 Å². The van der Waals surface area contributed by atoms with Gasteiger partial charge in [0.05, 0.1) is 5.69 Å². The lowest BCUT2D eigenvalue weighted by Crippen LogP contribution is -2.24. The molecule has 0 fully saturated rings. The molecule has 0 bridgehead atoms. The van der Waals surface area contributed by atoms with Gasteiger partial charge in [0.2, 0.25) is 0 Å². The Hall–Kier alpha value is -0.780. The molecule has 3 N–H and O–H groups in total. The summed E-state index contributed by atoms with van der Waals surface area (Å²) in [6, 6.07) is 0. The second-order valence-corrected chi connectivity index (χ2v) is 3.18. The molecule has 15 heavy (non-hydrogen) atoms. The number of carbonyl (C=O) groups excluding carboxylic acids is 1. The lowest BCUT2D eigenvalue weighted by Gasteiger charge is -2.12. The largest absolute Gasteiger partial charge is 0.363 e. The number of carbonyl (C=O) groups is 1. The Morgan fingerprint density at radius 3 is 2.73 bits per heavy atom. The predicted molar refractivity (Wildman–Crippen MR) is 61.6 cm³/mol. The van der Waals surface area contributed by atoms with Gasteiger partial charge in [0, 0.05) is 32.3 Å². The first kappa shape index (κ1) is 14.2. The zero-order chi connectivity index (χ0) is 9.42. The molecule has 1 aromatic rings. The minimum absolute atomic E-state index is 0. The average molecular weight is 253 g/mol. The van der Waals surface area contributed by atoms with Crippen LogP contribution in [0.1, 0.15) is 22.0 Å². The van der Waals surface area contributed by atoms with Crippen LogP contribution in [-0.2, 0) is 20.0 Å². The Balaban J connectivity index is 0.000000980. The van der Waals surface area contributed by atoms with E-state index in [0.29, 0.717) is 5.82 Å². The van der Waals surface area contributed by atoms with Crippen molar-refractivity contribution >= 4 is 30.7 Å². The van der Waals surface area contributed by atoms with E-state index in [1.165, 1.54) is 0 Å². The second-order valence-electron chi connectivity index (χ2n) is 3.18. The quantitative estimate of drug-likeness (QED) is 0.740. The molecule has 1 aromatic heterocycles. The number of nitrogens with one attached hydrogen (secondary N) is 1. The lowest BCUT2D eigenvalue weighted by molar-refractivity contribution is 0.0987. The molecule has 2 heterocycles. The molecule has 0 saturated carbocycles. The van der Waals surface area contributed by atoms with Gasteiger partial charge < -0.3 is 15.6 Å². The topological polar surface area (TPSA) is 72.9 Å². The minimum atomic E-state index is -0.461. The average Bonchev–Trinajstić information content (AvgIpc) is 2.45. The van der Waals surface area contributed by atoms with E-state index >= 15 is 0 Å². The van der Waals surface area contributed by atoms with Crippen molar-refractivity contribution in [2.75, 3.05) is 6.54 Å². The molecule has 0 atom stereocenters. The first-order chi connectivity index (χ1) is 6.20. The van der Waals surface area contributed by atoms with Gasteiger partial charge in [0.15, 0.2) is 5.82 Å². The van der Waals surface area contributed by atoms with E-state index in [4.69, 9.17) is 5.73 Å². The van der Waals surface area contributed by atoms with E-state index in [0.717, 1.165) is 30.9 Å². The fourth-order valence-corrected chi connectivity index (χ4v) is 1.68. The van der Waals surface area contributed by atoms with Crippen LogP contribution in [0.4, 0.5) is 0 Å². The van der Waals surface area contributed by atoms with E-state index in [1.54, 1.807) is 4.57 Å². The molecule has 1 aliphatic heterocycles. The van der Waals surface area contributed by atoms with Gasteiger partial charge in [-0.1, -0.05) is 0 Å². The molecule has 0 aromatic carbocycles. The van der Waals surface area contributed by atoms with Crippen LogP contribution in [0.3, 0.4) is 0 Å². The van der Waals surface area contributed by atoms with Crippen LogP contribution in [0.15, 0.2) is 0 Å². The van der Waals surface area contributed by atoms with Crippen molar-refractivity contribution < 1.29 is 4.79 Å². The summed E-state index contributed by atoms with van der Waals surface area (Å²) in [6.45, 7) is 1.67. The van der Waals surface area contributed by atoms with Crippen molar-refractivity contribution in [1.29, 1.82) is 0 Å². The van der Waals surface area contributed by atoms with Gasteiger partial charge in [-0.3, -0.25) is 4.79 Å². The maximum Gasteiger partial charge on any atom is 0.284 e. The Kier molecular flexibility index (Phi) is 5.07. The van der Waals surface area contributed by atoms with Crippen LogP contribution in [-0.4, -0.2) is 22.0 Å². The summed E-state index contributed by atoms with van der Waals surface area (Å²) in [7, 11) is 1.83. The highest BCUT2D eigenvalue weighted by atomic mass is 35.5. The van der Waals surface area contributed by atoms with Gasteiger partial charge in [0.1, 0.15) is 0 Å². The van der Waals surface area contributed by atoms with E-state index < -0.39 is 5.91 Å². The standard InChI is InChI=1S/C8H12N4O.2ClH/c1-12-6-2-3-10-4-5(6)11-8(12)7(9)13;;/h10H,2-4H2,1H3,(H2,9,13);2*1H. The summed E-state index contributed by atoms with van der Waals surface area (Å²) in [5, 5.41) is 3.19. The van der Waals surface area contributed by atoms with Gasteiger partial charge in [-0.2, -0.15) is 0 Å². The summed E-state index contributed by atoms with van der Waals surface area (Å²) in [5.74, 6) is -0.106. The highest BCUT2D eigenvalue weighted by molar-refractivity contribution is 5.89. The molecule has 1 amide bonds. The first-order valence-corrected chi connectivity index (χ1v) is 4.25. The molecule has 1 aliphatic rings. The van der Waals surface area contributed by atoms with Gasteiger partial charge in [-0.25, -0.2) is 4.98 Å². The van der Waals surface area contributed by atoms with E-state index in [9.17, 15) is 4.79 Å². The summed E-state index contributed by atoms with van der Waals surface area (Å²) < 4.78 is 1.79. The highest BCUT2D eigenvalue weighted by Gasteiger charge is 2.19. The third-order valence-corrected chi connectivity index (χ3v) is 2.35. The number of imidazole rings is 1. The van der Waals surface area contributed by atoms with Gasteiger partial charge in [0.25, 0.3) is 5.91 Å². The van der Waals surface area contributed by atoms with Crippen molar-refractivity contribution in [3.05, 3.63) is 17.2 Å². The third-order valence-electron chi connectivity index (χ3n) is 2.35. The van der Waals surface area contributed by atoms with Crippen molar-refractivity contribution in [3.63, 3.8) is 0 Å². The Morgan fingerprint density at radius 2 is 2.20 bits per heavy atom. The normalized spacial score (nSPS) is 13.4. The molecule has 86 valence electrons. The van der Waals surface area contributed by atoms with Crippen molar-refractivity contribution in [2.24, 2.45) is 12.8 Å². The van der Waals surface area contributed by atoms with Gasteiger partial charge in [-0.15, -0.1) is 24.8 Å². The molecule has 0 radical (unpaired) electrons. The third kappa shape index (κ3) is 2.42. The van der Waals surface area contributed by atoms with E-state index in [2.05, 4.69) is 10.3 Å². The van der Waals surface area contributed by atoms with Crippen molar-refractivity contribution in [3.8, 4) is 0 Å². The van der Waals surface area contributed by atoms with Gasteiger partial charge >= 0.3 is 0 Å². The molecule has 5 nitrogen and oxygen atoms in total. The fourth-order valence-electron chi connectivity index (χ4n) is 1.68. The highest BCUT2D eigenvalue weighted by Crippen LogP contribution is 2.13. The van der Waals surface area contributed by atoms with Crippen LogP contribution in [0.25, 0.3) is 0 Å². The molecule has 0 spiro atoms. The maximum atomic E-state index is 11.0. The number of aromatic nitrogens is 2. The first-order valence-electron chi connectivity index (χ1n) is 4.25. The monoisotopic (exact) mass is 252 g/mol. The zero-order valence-corrected chi connectivity index (χ0v) is 9.95. The number of hydrogen-bond acceptors (Lipinski definition) is 3. The number of primary amides is 1. The predicted octanol–water partition coefficient (Wildman–Crippen LogP) is 0.00830. The number of nitrogens with zero attached hydrogens (tertiary/aromatic N) is 2. The van der Waals surface area contributed by atoms with Crippen molar-refractivity contribution in [2.45, 2.75) is 13.0 Å². The molecular formula is C8H14Cl2N4O. The fraction of sp³-hybridized carbons (Fsp3) is 0.500. The summed E-state index contributed by atoms with van der Waals surface area (Å²) >= 11 is 0. The molecule has 0 unspecified atom stereocenters. The van der Waals surface area contributed by atoms with Crippen LogP contribution in [0.2, 0.25) is 0 Å². The molecule has 7 heteroatoms. The van der Waals surface area contributed by atoms with Crippen molar-refractivity contribution in [1.82, 2.24) is 14.9 Å². The lowest BCUT2D eigenvalue weighted by atomic mass is 10.2. The minimum Gasteiger partial charge on any atom is -0.363 e. The molecule has 2 rings (SSSR count). The summed E-state index contributed by atoms with van der Waals surface area (Å²) in [5.41, 5.74) is 7.25. The number of amides is 1. The Morgan fingerprint density at radius 1 is 1.53 bits per heavy atom. The molecular weight excluding hydrogens is 239 g/mol. The van der Waals surface area contributed by atoms with E-state index in [-0.39, 0.29) is 24.8 Å². The number of rotatable bonds is 1. The zero-order valence-electron chi connectivity index (χ0n) is 8.32.